The Morgan fingerprint density at radius 2 is 2.00 bits per heavy atom. The van der Waals surface area contributed by atoms with Crippen molar-refractivity contribution in [3.05, 3.63) is 33.8 Å². The molecule has 0 aliphatic rings. The lowest BCUT2D eigenvalue weighted by Gasteiger charge is -2.14. The number of amides is 1. The molecule has 1 atom stereocenters. The largest absolute Gasteiger partial charge is 0.481 e. The molecular formula is C15H19Cl2NO3. The Bertz CT molecular complexity index is 506. The van der Waals surface area contributed by atoms with Crippen LogP contribution in [0.25, 0.3) is 0 Å². The van der Waals surface area contributed by atoms with Gasteiger partial charge in [-0.2, -0.15) is 0 Å². The smallest absolute Gasteiger partial charge is 0.303 e. The van der Waals surface area contributed by atoms with Crippen LogP contribution in [-0.4, -0.2) is 23.5 Å². The van der Waals surface area contributed by atoms with E-state index in [9.17, 15) is 9.59 Å². The molecule has 21 heavy (non-hydrogen) atoms. The van der Waals surface area contributed by atoms with Gasteiger partial charge in [0.2, 0.25) is 0 Å². The Labute approximate surface area is 134 Å². The summed E-state index contributed by atoms with van der Waals surface area (Å²) in [6.45, 7) is 2.50. The molecule has 0 heterocycles. The van der Waals surface area contributed by atoms with Crippen molar-refractivity contribution < 1.29 is 14.7 Å². The van der Waals surface area contributed by atoms with Gasteiger partial charge in [0.15, 0.2) is 0 Å². The number of hydrogen-bond acceptors (Lipinski definition) is 2. The van der Waals surface area contributed by atoms with Gasteiger partial charge in [-0.1, -0.05) is 42.6 Å². The molecule has 0 fully saturated rings. The molecule has 4 nitrogen and oxygen atoms in total. The second-order valence-corrected chi connectivity index (χ2v) is 5.64. The molecule has 0 aliphatic carbocycles. The second-order valence-electron chi connectivity index (χ2n) is 4.85. The zero-order valence-electron chi connectivity index (χ0n) is 11.9. The molecule has 6 heteroatoms. The van der Waals surface area contributed by atoms with Crippen LogP contribution in [0.1, 0.15) is 43.0 Å². The molecular weight excluding hydrogens is 313 g/mol. The number of aliphatic carboxylic acids is 1. The lowest BCUT2D eigenvalue weighted by Crippen LogP contribution is -2.26. The van der Waals surface area contributed by atoms with Crippen LogP contribution in [0.2, 0.25) is 10.0 Å². The molecule has 0 aromatic heterocycles. The Kier molecular flexibility index (Phi) is 7.54. The minimum atomic E-state index is -0.789. The molecule has 2 N–H and O–H groups in total. The van der Waals surface area contributed by atoms with Crippen LogP contribution in [0.5, 0.6) is 0 Å². The third-order valence-electron chi connectivity index (χ3n) is 3.38. The minimum Gasteiger partial charge on any atom is -0.481 e. The van der Waals surface area contributed by atoms with Gasteiger partial charge in [0.1, 0.15) is 0 Å². The highest BCUT2D eigenvalue weighted by Gasteiger charge is 2.13. The number of halogens is 2. The lowest BCUT2D eigenvalue weighted by atomic mass is 9.96. The van der Waals surface area contributed by atoms with E-state index in [4.69, 9.17) is 28.3 Å². The van der Waals surface area contributed by atoms with Crippen molar-refractivity contribution in [2.75, 3.05) is 6.54 Å². The number of hydrogen-bond donors (Lipinski definition) is 2. The number of nitrogens with one attached hydrogen (secondary N) is 1. The third kappa shape index (κ3) is 5.94. The Hall–Kier alpha value is -1.26. The van der Waals surface area contributed by atoms with E-state index in [0.717, 1.165) is 12.8 Å². The first-order valence-corrected chi connectivity index (χ1v) is 7.65. The number of carbonyl (C=O) groups is 2. The maximum Gasteiger partial charge on any atom is 0.303 e. The Morgan fingerprint density at radius 3 is 2.62 bits per heavy atom. The molecule has 0 spiro atoms. The first-order chi connectivity index (χ1) is 9.95. The zero-order valence-corrected chi connectivity index (χ0v) is 13.4. The van der Waals surface area contributed by atoms with Crippen LogP contribution >= 0.6 is 23.2 Å². The number of carbonyl (C=O) groups excluding carboxylic acids is 1. The molecule has 0 radical (unpaired) electrons. The van der Waals surface area contributed by atoms with Crippen LogP contribution < -0.4 is 5.32 Å². The van der Waals surface area contributed by atoms with Gasteiger partial charge in [0.25, 0.3) is 5.91 Å². The van der Waals surface area contributed by atoms with E-state index in [1.54, 1.807) is 18.2 Å². The van der Waals surface area contributed by atoms with Crippen LogP contribution in [0.15, 0.2) is 18.2 Å². The third-order valence-corrected chi connectivity index (χ3v) is 4.20. The summed E-state index contributed by atoms with van der Waals surface area (Å²) in [5.41, 5.74) is 0.350. The molecule has 1 aromatic rings. The summed E-state index contributed by atoms with van der Waals surface area (Å²) in [6, 6.07) is 4.91. The number of carboxylic acid groups (broad SMARTS) is 1. The molecule has 0 bridgehead atoms. The first-order valence-electron chi connectivity index (χ1n) is 6.89. The fourth-order valence-corrected chi connectivity index (χ4v) is 2.43. The molecule has 0 saturated carbocycles. The normalized spacial score (nSPS) is 12.0. The molecule has 0 saturated heterocycles. The van der Waals surface area contributed by atoms with E-state index in [0.29, 0.717) is 23.6 Å². The standard InChI is InChI=1S/C15H19Cl2NO3/c1-2-10(6-7-13(19)20)8-9-18-15(21)11-4-3-5-12(16)14(11)17/h3-5,10H,2,6-9H2,1H3,(H,18,21)(H,19,20). The molecule has 0 aliphatic heterocycles. The summed E-state index contributed by atoms with van der Waals surface area (Å²) in [5.74, 6) is -0.769. The van der Waals surface area contributed by atoms with Gasteiger partial charge < -0.3 is 10.4 Å². The second kappa shape index (κ2) is 8.90. The Balaban J connectivity index is 2.45. The number of benzene rings is 1. The van der Waals surface area contributed by atoms with Crippen molar-refractivity contribution in [3.63, 3.8) is 0 Å². The average molecular weight is 332 g/mol. The fraction of sp³-hybridized carbons (Fsp3) is 0.467. The lowest BCUT2D eigenvalue weighted by molar-refractivity contribution is -0.137. The highest BCUT2D eigenvalue weighted by molar-refractivity contribution is 6.43. The van der Waals surface area contributed by atoms with Crippen molar-refractivity contribution in [1.29, 1.82) is 0 Å². The van der Waals surface area contributed by atoms with Crippen LogP contribution in [0, 0.1) is 5.92 Å². The summed E-state index contributed by atoms with van der Waals surface area (Å²) in [5, 5.41) is 12.1. The Morgan fingerprint density at radius 1 is 1.29 bits per heavy atom. The molecule has 1 rings (SSSR count). The van der Waals surface area contributed by atoms with Crippen LogP contribution in [0.3, 0.4) is 0 Å². The predicted molar refractivity (Wildman–Crippen MR) is 84.1 cm³/mol. The average Bonchev–Trinajstić information content (AvgIpc) is 2.45. The number of rotatable bonds is 8. The minimum absolute atomic E-state index is 0.159. The summed E-state index contributed by atoms with van der Waals surface area (Å²) >= 11 is 11.9. The maximum atomic E-state index is 12.0. The van der Waals surface area contributed by atoms with Crippen molar-refractivity contribution in [3.8, 4) is 0 Å². The van der Waals surface area contributed by atoms with E-state index in [1.165, 1.54) is 0 Å². The van der Waals surface area contributed by atoms with Crippen molar-refractivity contribution in [2.24, 2.45) is 5.92 Å². The van der Waals surface area contributed by atoms with Crippen molar-refractivity contribution >= 4 is 35.1 Å². The molecule has 1 amide bonds. The maximum absolute atomic E-state index is 12.0. The van der Waals surface area contributed by atoms with E-state index < -0.39 is 5.97 Å². The van der Waals surface area contributed by atoms with Crippen LogP contribution in [-0.2, 0) is 4.79 Å². The summed E-state index contributed by atoms with van der Waals surface area (Å²) in [4.78, 5) is 22.6. The molecule has 116 valence electrons. The highest BCUT2D eigenvalue weighted by Crippen LogP contribution is 2.25. The monoisotopic (exact) mass is 331 g/mol. The van der Waals surface area contributed by atoms with E-state index in [2.05, 4.69) is 5.32 Å². The zero-order chi connectivity index (χ0) is 15.8. The summed E-state index contributed by atoms with van der Waals surface area (Å²) in [7, 11) is 0. The molecule has 1 aromatic carbocycles. The van der Waals surface area contributed by atoms with Gasteiger partial charge in [-0.15, -0.1) is 0 Å². The first kappa shape index (κ1) is 17.8. The quantitative estimate of drug-likeness (QED) is 0.756. The highest BCUT2D eigenvalue weighted by atomic mass is 35.5. The van der Waals surface area contributed by atoms with E-state index >= 15 is 0 Å². The topological polar surface area (TPSA) is 66.4 Å². The fourth-order valence-electron chi connectivity index (χ4n) is 2.04. The van der Waals surface area contributed by atoms with Crippen LogP contribution in [0.4, 0.5) is 0 Å². The van der Waals surface area contributed by atoms with Crippen molar-refractivity contribution in [2.45, 2.75) is 32.6 Å². The SMILES string of the molecule is CCC(CCNC(=O)c1cccc(Cl)c1Cl)CCC(=O)O. The van der Waals surface area contributed by atoms with Gasteiger partial charge in [-0.3, -0.25) is 9.59 Å². The molecule has 1 unspecified atom stereocenters. The van der Waals surface area contributed by atoms with Crippen molar-refractivity contribution in [1.82, 2.24) is 5.32 Å². The van der Waals surface area contributed by atoms with E-state index in [1.807, 2.05) is 6.92 Å². The predicted octanol–water partition coefficient (Wildman–Crippen LogP) is 4.00. The van der Waals surface area contributed by atoms with Gasteiger partial charge in [-0.25, -0.2) is 0 Å². The van der Waals surface area contributed by atoms with Gasteiger partial charge in [0, 0.05) is 13.0 Å². The summed E-state index contributed by atoms with van der Waals surface area (Å²) < 4.78 is 0. The van der Waals surface area contributed by atoms with Gasteiger partial charge in [-0.05, 0) is 30.9 Å². The number of carboxylic acids is 1. The van der Waals surface area contributed by atoms with Gasteiger partial charge in [0.05, 0.1) is 15.6 Å². The van der Waals surface area contributed by atoms with E-state index in [-0.39, 0.29) is 23.3 Å². The summed E-state index contributed by atoms with van der Waals surface area (Å²) in [6.07, 6.45) is 2.42. The van der Waals surface area contributed by atoms with Gasteiger partial charge >= 0.3 is 5.97 Å².